The molecule has 1 aromatic heterocycles. The van der Waals surface area contributed by atoms with Gasteiger partial charge < -0.3 is 14.9 Å². The summed E-state index contributed by atoms with van der Waals surface area (Å²) in [5.74, 6) is 0.356. The SMILES string of the molecule is CC(C)(C)c1cc(C(=O)N2CCN(c3cc[nH+]cc3)CC2)cc(C(C)(C)C)c1O. The number of amides is 1. The van der Waals surface area contributed by atoms with Crippen LogP contribution in [0.4, 0.5) is 5.69 Å². The van der Waals surface area contributed by atoms with Crippen LogP contribution in [0, 0.1) is 0 Å². The summed E-state index contributed by atoms with van der Waals surface area (Å²) < 4.78 is 0. The molecule has 2 aromatic rings. The van der Waals surface area contributed by atoms with Crippen LogP contribution in [0.2, 0.25) is 0 Å². The molecule has 0 saturated carbocycles. The average Bonchev–Trinajstić information content (AvgIpc) is 2.66. The van der Waals surface area contributed by atoms with E-state index in [1.165, 1.54) is 5.69 Å². The number of rotatable bonds is 2. The monoisotopic (exact) mass is 396 g/mol. The molecule has 1 aromatic carbocycles. The number of aromatic nitrogens is 1. The second kappa shape index (κ2) is 7.69. The number of pyridine rings is 1. The van der Waals surface area contributed by atoms with E-state index in [1.807, 2.05) is 29.4 Å². The topological polar surface area (TPSA) is 57.9 Å². The molecule has 3 rings (SSSR count). The number of carbonyl (C=O) groups is 1. The predicted molar refractivity (Wildman–Crippen MR) is 117 cm³/mol. The van der Waals surface area contributed by atoms with Gasteiger partial charge in [-0.25, -0.2) is 4.98 Å². The minimum absolute atomic E-state index is 0.0436. The van der Waals surface area contributed by atoms with E-state index in [2.05, 4.69) is 63.6 Å². The van der Waals surface area contributed by atoms with Crippen LogP contribution < -0.4 is 9.88 Å². The van der Waals surface area contributed by atoms with Crippen molar-refractivity contribution in [3.63, 3.8) is 0 Å². The first-order valence-electron chi connectivity index (χ1n) is 10.4. The number of piperazine rings is 1. The fraction of sp³-hybridized carbons (Fsp3) is 0.500. The highest BCUT2D eigenvalue weighted by atomic mass is 16.3. The molecule has 0 radical (unpaired) electrons. The van der Waals surface area contributed by atoms with Crippen LogP contribution in [0.15, 0.2) is 36.7 Å². The number of hydrogen-bond acceptors (Lipinski definition) is 3. The van der Waals surface area contributed by atoms with E-state index >= 15 is 0 Å². The van der Waals surface area contributed by atoms with Gasteiger partial charge in [0.15, 0.2) is 12.4 Å². The lowest BCUT2D eigenvalue weighted by molar-refractivity contribution is -0.377. The largest absolute Gasteiger partial charge is 0.507 e. The van der Waals surface area contributed by atoms with Crippen molar-refractivity contribution in [2.75, 3.05) is 31.1 Å². The molecule has 5 nitrogen and oxygen atoms in total. The lowest BCUT2D eigenvalue weighted by Gasteiger charge is -2.36. The third-order valence-electron chi connectivity index (χ3n) is 5.61. The Morgan fingerprint density at radius 2 is 1.38 bits per heavy atom. The number of nitrogens with one attached hydrogen (secondary N) is 1. The van der Waals surface area contributed by atoms with E-state index in [9.17, 15) is 9.90 Å². The Bertz CT molecular complexity index is 836. The zero-order valence-corrected chi connectivity index (χ0v) is 18.5. The molecule has 2 heterocycles. The Labute approximate surface area is 174 Å². The van der Waals surface area contributed by atoms with Crippen molar-refractivity contribution in [1.29, 1.82) is 0 Å². The number of phenols is 1. The van der Waals surface area contributed by atoms with E-state index in [0.29, 0.717) is 24.4 Å². The highest BCUT2D eigenvalue weighted by molar-refractivity contribution is 5.95. The highest BCUT2D eigenvalue weighted by Gasteiger charge is 2.30. The van der Waals surface area contributed by atoms with Gasteiger partial charge in [0, 0.05) is 60.7 Å². The van der Waals surface area contributed by atoms with Crippen LogP contribution in [0.3, 0.4) is 0 Å². The van der Waals surface area contributed by atoms with Crippen molar-refractivity contribution < 1.29 is 14.9 Å². The molecule has 1 aliphatic rings. The highest BCUT2D eigenvalue weighted by Crippen LogP contribution is 2.40. The van der Waals surface area contributed by atoms with Gasteiger partial charge in [0.05, 0.1) is 0 Å². The average molecular weight is 397 g/mol. The standard InChI is InChI=1S/C24H33N3O2/c1-23(2,3)19-15-17(16-20(21(19)28)24(4,5)6)22(29)27-13-11-26(12-14-27)18-7-9-25-10-8-18/h7-10,15-16,28H,11-14H2,1-6H3/p+1. The van der Waals surface area contributed by atoms with Crippen LogP contribution in [0.1, 0.15) is 63.0 Å². The second-order valence-electron chi connectivity index (χ2n) is 9.96. The van der Waals surface area contributed by atoms with E-state index in [1.54, 1.807) is 0 Å². The van der Waals surface area contributed by atoms with Gasteiger partial charge in [0.25, 0.3) is 5.91 Å². The zero-order chi connectivity index (χ0) is 21.4. The number of H-pyrrole nitrogens is 1. The van der Waals surface area contributed by atoms with Gasteiger partial charge in [0.2, 0.25) is 0 Å². The quantitative estimate of drug-likeness (QED) is 0.841. The smallest absolute Gasteiger partial charge is 0.253 e. The Balaban J connectivity index is 1.86. The third kappa shape index (κ3) is 4.55. The Hall–Kier alpha value is -2.56. The van der Waals surface area contributed by atoms with Crippen molar-refractivity contribution >= 4 is 11.6 Å². The van der Waals surface area contributed by atoms with Gasteiger partial charge in [-0.15, -0.1) is 0 Å². The molecular formula is C24H34N3O2+. The molecule has 1 saturated heterocycles. The molecule has 1 aliphatic heterocycles. The van der Waals surface area contributed by atoms with Gasteiger partial charge in [0.1, 0.15) is 5.75 Å². The molecule has 2 N–H and O–H groups in total. The molecule has 5 heteroatoms. The van der Waals surface area contributed by atoms with E-state index in [4.69, 9.17) is 0 Å². The maximum Gasteiger partial charge on any atom is 0.253 e. The summed E-state index contributed by atoms with van der Waals surface area (Å²) in [5, 5.41) is 10.9. The number of aromatic amines is 1. The Morgan fingerprint density at radius 1 is 0.897 bits per heavy atom. The van der Waals surface area contributed by atoms with E-state index in [0.717, 1.165) is 24.2 Å². The Kier molecular flexibility index (Phi) is 5.61. The van der Waals surface area contributed by atoms with Gasteiger partial charge in [-0.05, 0) is 23.0 Å². The molecule has 0 bridgehead atoms. The first kappa shape index (κ1) is 21.2. The van der Waals surface area contributed by atoms with Crippen LogP contribution >= 0.6 is 0 Å². The van der Waals surface area contributed by atoms with Crippen molar-refractivity contribution in [2.45, 2.75) is 52.4 Å². The Morgan fingerprint density at radius 3 is 1.83 bits per heavy atom. The molecule has 1 fully saturated rings. The van der Waals surface area contributed by atoms with Crippen molar-refractivity contribution in [2.24, 2.45) is 0 Å². The molecule has 0 atom stereocenters. The van der Waals surface area contributed by atoms with Gasteiger partial charge in [-0.2, -0.15) is 0 Å². The van der Waals surface area contributed by atoms with Gasteiger partial charge in [-0.1, -0.05) is 41.5 Å². The van der Waals surface area contributed by atoms with Crippen LogP contribution in [-0.4, -0.2) is 42.1 Å². The summed E-state index contributed by atoms with van der Waals surface area (Å²) in [7, 11) is 0. The van der Waals surface area contributed by atoms with Gasteiger partial charge >= 0.3 is 0 Å². The van der Waals surface area contributed by atoms with Crippen LogP contribution in [0.25, 0.3) is 0 Å². The maximum absolute atomic E-state index is 13.3. The molecule has 0 aliphatic carbocycles. The van der Waals surface area contributed by atoms with Gasteiger partial charge in [-0.3, -0.25) is 4.79 Å². The lowest BCUT2D eigenvalue weighted by Crippen LogP contribution is -2.49. The van der Waals surface area contributed by atoms with Crippen LogP contribution in [0.5, 0.6) is 5.75 Å². The first-order chi connectivity index (χ1) is 13.5. The van der Waals surface area contributed by atoms with E-state index in [-0.39, 0.29) is 16.7 Å². The van der Waals surface area contributed by atoms with E-state index < -0.39 is 0 Å². The fourth-order valence-corrected chi connectivity index (χ4v) is 3.84. The molecule has 156 valence electrons. The third-order valence-corrected chi connectivity index (χ3v) is 5.61. The van der Waals surface area contributed by atoms with Crippen molar-refractivity contribution in [3.8, 4) is 5.75 Å². The summed E-state index contributed by atoms with van der Waals surface area (Å²) >= 11 is 0. The molecule has 0 spiro atoms. The number of phenolic OH excluding ortho intramolecular Hbond substituents is 1. The second-order valence-corrected chi connectivity index (χ2v) is 9.96. The summed E-state index contributed by atoms with van der Waals surface area (Å²) in [6.07, 6.45) is 3.84. The number of benzene rings is 1. The minimum Gasteiger partial charge on any atom is -0.507 e. The zero-order valence-electron chi connectivity index (χ0n) is 18.5. The summed E-state index contributed by atoms with van der Waals surface area (Å²) in [4.78, 5) is 20.6. The van der Waals surface area contributed by atoms with Crippen LogP contribution in [-0.2, 0) is 10.8 Å². The van der Waals surface area contributed by atoms with Crippen molar-refractivity contribution in [3.05, 3.63) is 53.3 Å². The molecular weight excluding hydrogens is 362 g/mol. The number of carbonyl (C=O) groups excluding carboxylic acids is 1. The van der Waals surface area contributed by atoms with Crippen molar-refractivity contribution in [1.82, 2.24) is 4.90 Å². The summed E-state index contributed by atoms with van der Waals surface area (Å²) in [6.45, 7) is 15.4. The fourth-order valence-electron chi connectivity index (χ4n) is 3.84. The molecule has 0 unspecified atom stereocenters. The number of aromatic hydroxyl groups is 1. The normalized spacial score (nSPS) is 15.5. The number of anilines is 1. The number of nitrogens with zero attached hydrogens (tertiary/aromatic N) is 2. The summed E-state index contributed by atoms with van der Waals surface area (Å²) in [6, 6.07) is 7.88. The number of hydrogen-bond donors (Lipinski definition) is 1. The lowest BCUT2D eigenvalue weighted by atomic mass is 9.78. The summed E-state index contributed by atoms with van der Waals surface area (Å²) in [5.41, 5.74) is 3.00. The molecule has 29 heavy (non-hydrogen) atoms. The molecule has 1 amide bonds. The maximum atomic E-state index is 13.3. The first-order valence-corrected chi connectivity index (χ1v) is 10.4. The minimum atomic E-state index is -0.247. The predicted octanol–water partition coefficient (Wildman–Crippen LogP) is 3.76.